The largest absolute Gasteiger partial charge is 0.379 e. The van der Waals surface area contributed by atoms with Gasteiger partial charge in [0.1, 0.15) is 5.82 Å². The van der Waals surface area contributed by atoms with Gasteiger partial charge in [-0.2, -0.15) is 0 Å². The van der Waals surface area contributed by atoms with Gasteiger partial charge in [-0.15, -0.1) is 10.2 Å². The van der Waals surface area contributed by atoms with Gasteiger partial charge < -0.3 is 14.6 Å². The normalized spacial score (nSPS) is 14.7. The highest BCUT2D eigenvalue weighted by atomic mass is 35.5. The first-order valence-electron chi connectivity index (χ1n) is 8.59. The number of nitro benzene ring substituents is 1. The number of nitrogens with one attached hydrogen (secondary N) is 1. The molecule has 29 heavy (non-hydrogen) atoms. The highest BCUT2D eigenvalue weighted by Gasteiger charge is 2.19. The molecule has 0 spiro atoms. The number of amides is 1. The van der Waals surface area contributed by atoms with Crippen LogP contribution in [0, 0.1) is 10.1 Å². The Morgan fingerprint density at radius 3 is 2.59 bits per heavy atom. The van der Waals surface area contributed by atoms with Crippen LogP contribution in [0.4, 0.5) is 11.4 Å². The molecule has 0 radical (unpaired) electrons. The average Bonchev–Trinajstić information content (AvgIpc) is 3.03. The van der Waals surface area contributed by atoms with Gasteiger partial charge in [0.25, 0.3) is 5.69 Å². The molecule has 156 valence electrons. The van der Waals surface area contributed by atoms with Crippen molar-refractivity contribution in [3.8, 4) is 0 Å². The Bertz CT molecular complexity index is 896. The first-order valence-corrected chi connectivity index (χ1v) is 10.3. The van der Waals surface area contributed by atoms with Crippen LogP contribution in [0.15, 0.2) is 17.3 Å². The molecule has 2 heterocycles. The van der Waals surface area contributed by atoms with Crippen LogP contribution in [0.5, 0.6) is 0 Å². The lowest BCUT2D eigenvalue weighted by molar-refractivity contribution is -0.384. The summed E-state index contributed by atoms with van der Waals surface area (Å²) >= 11 is 13.2. The maximum atomic E-state index is 12.3. The Morgan fingerprint density at radius 2 is 1.97 bits per heavy atom. The number of carbonyl (C=O) groups is 1. The zero-order valence-electron chi connectivity index (χ0n) is 15.4. The minimum Gasteiger partial charge on any atom is -0.379 e. The van der Waals surface area contributed by atoms with Crippen molar-refractivity contribution in [1.29, 1.82) is 0 Å². The predicted molar refractivity (Wildman–Crippen MR) is 110 cm³/mol. The number of carbonyl (C=O) groups excluding carboxylic acids is 1. The Balaban J connectivity index is 1.58. The first-order chi connectivity index (χ1) is 13.8. The lowest BCUT2D eigenvalue weighted by Gasteiger charge is -2.25. The number of hydrogen-bond acceptors (Lipinski definition) is 8. The van der Waals surface area contributed by atoms with Gasteiger partial charge >= 0.3 is 0 Å². The molecule has 1 N–H and O–H groups in total. The summed E-state index contributed by atoms with van der Waals surface area (Å²) in [5.41, 5.74) is -0.116. The van der Waals surface area contributed by atoms with Crippen molar-refractivity contribution in [3.63, 3.8) is 0 Å². The van der Waals surface area contributed by atoms with Crippen molar-refractivity contribution < 1.29 is 14.5 Å². The third kappa shape index (κ3) is 5.58. The van der Waals surface area contributed by atoms with Gasteiger partial charge in [0.05, 0.1) is 46.2 Å². The smallest absolute Gasteiger partial charge is 0.272 e. The van der Waals surface area contributed by atoms with Crippen molar-refractivity contribution in [3.05, 3.63) is 38.1 Å². The van der Waals surface area contributed by atoms with Crippen molar-refractivity contribution in [2.24, 2.45) is 7.05 Å². The second-order valence-electron chi connectivity index (χ2n) is 6.22. The molecule has 1 fully saturated rings. The third-order valence-corrected chi connectivity index (χ3v) is 5.84. The maximum Gasteiger partial charge on any atom is 0.272 e. The number of morpholine rings is 1. The second kappa shape index (κ2) is 9.72. The van der Waals surface area contributed by atoms with Crippen molar-refractivity contribution in [2.45, 2.75) is 11.7 Å². The van der Waals surface area contributed by atoms with E-state index in [-0.39, 0.29) is 33.1 Å². The Hall–Kier alpha value is -1.92. The van der Waals surface area contributed by atoms with Crippen LogP contribution in [0.1, 0.15) is 5.82 Å². The summed E-state index contributed by atoms with van der Waals surface area (Å²) in [6.45, 7) is 3.75. The number of benzene rings is 1. The fraction of sp³-hybridized carbons (Fsp3) is 0.438. The van der Waals surface area contributed by atoms with Crippen LogP contribution >= 0.6 is 35.0 Å². The van der Waals surface area contributed by atoms with Crippen LogP contribution in [-0.4, -0.2) is 62.6 Å². The number of aromatic nitrogens is 3. The molecular formula is C16H18Cl2N6O4S. The Morgan fingerprint density at radius 1 is 1.31 bits per heavy atom. The summed E-state index contributed by atoms with van der Waals surface area (Å²) in [4.78, 5) is 24.7. The number of halogens is 2. The first kappa shape index (κ1) is 21.8. The average molecular weight is 461 g/mol. The molecule has 0 unspecified atom stereocenters. The van der Waals surface area contributed by atoms with Gasteiger partial charge in [-0.3, -0.25) is 19.8 Å². The van der Waals surface area contributed by atoms with E-state index < -0.39 is 4.92 Å². The molecule has 1 aliphatic rings. The fourth-order valence-corrected chi connectivity index (χ4v) is 3.96. The van der Waals surface area contributed by atoms with Crippen LogP contribution in [0.2, 0.25) is 10.0 Å². The summed E-state index contributed by atoms with van der Waals surface area (Å²) in [6, 6.07) is 2.27. The molecule has 0 saturated carbocycles. The highest BCUT2D eigenvalue weighted by Crippen LogP contribution is 2.34. The van der Waals surface area contributed by atoms with E-state index in [9.17, 15) is 14.9 Å². The zero-order valence-corrected chi connectivity index (χ0v) is 17.8. The summed E-state index contributed by atoms with van der Waals surface area (Å²) in [5.74, 6) is 0.481. The van der Waals surface area contributed by atoms with E-state index in [0.29, 0.717) is 24.9 Å². The molecular weight excluding hydrogens is 443 g/mol. The predicted octanol–water partition coefficient (Wildman–Crippen LogP) is 2.59. The lowest BCUT2D eigenvalue weighted by Crippen LogP contribution is -2.36. The van der Waals surface area contributed by atoms with E-state index in [2.05, 4.69) is 20.4 Å². The van der Waals surface area contributed by atoms with E-state index in [1.165, 1.54) is 11.8 Å². The number of nitrogens with zero attached hydrogens (tertiary/aromatic N) is 5. The summed E-state index contributed by atoms with van der Waals surface area (Å²) in [7, 11) is 1.85. The van der Waals surface area contributed by atoms with Gasteiger partial charge in [0, 0.05) is 32.3 Å². The van der Waals surface area contributed by atoms with E-state index >= 15 is 0 Å². The molecule has 3 rings (SSSR count). The van der Waals surface area contributed by atoms with Gasteiger partial charge in [-0.1, -0.05) is 35.0 Å². The number of ether oxygens (including phenoxy) is 1. The SMILES string of the molecule is Cn1c(CN2CCOCC2)nnc1SCC(=O)Nc1c(Cl)cc([N+](=O)[O-])cc1Cl. The molecule has 10 nitrogen and oxygen atoms in total. The molecule has 1 aliphatic heterocycles. The van der Waals surface area contributed by atoms with Gasteiger partial charge in [-0.05, 0) is 0 Å². The second-order valence-corrected chi connectivity index (χ2v) is 7.98. The molecule has 0 aliphatic carbocycles. The Labute approximate surface area is 180 Å². The number of nitro groups is 1. The van der Waals surface area contributed by atoms with Crippen LogP contribution < -0.4 is 5.32 Å². The number of non-ortho nitro benzene ring substituents is 1. The van der Waals surface area contributed by atoms with Gasteiger partial charge in [0.15, 0.2) is 5.16 Å². The monoisotopic (exact) mass is 460 g/mol. The molecule has 1 amide bonds. The third-order valence-electron chi connectivity index (χ3n) is 4.23. The number of anilines is 1. The van der Waals surface area contributed by atoms with Crippen LogP contribution in [0.25, 0.3) is 0 Å². The number of thioether (sulfide) groups is 1. The van der Waals surface area contributed by atoms with E-state index in [4.69, 9.17) is 27.9 Å². The minimum absolute atomic E-state index is 0.00555. The Kier molecular flexibility index (Phi) is 7.30. The molecule has 1 aromatic carbocycles. The molecule has 0 atom stereocenters. The molecule has 1 aromatic heterocycles. The van der Waals surface area contributed by atoms with Crippen LogP contribution in [0.3, 0.4) is 0 Å². The van der Waals surface area contributed by atoms with Crippen molar-refractivity contribution in [2.75, 3.05) is 37.4 Å². The minimum atomic E-state index is -0.609. The van der Waals surface area contributed by atoms with E-state index in [1.54, 1.807) is 0 Å². The van der Waals surface area contributed by atoms with Crippen LogP contribution in [-0.2, 0) is 23.1 Å². The van der Waals surface area contributed by atoms with Crippen molar-refractivity contribution in [1.82, 2.24) is 19.7 Å². The number of rotatable bonds is 7. The summed E-state index contributed by atoms with van der Waals surface area (Å²) < 4.78 is 7.18. The van der Waals surface area contributed by atoms with Gasteiger partial charge in [0.2, 0.25) is 5.91 Å². The maximum absolute atomic E-state index is 12.3. The number of hydrogen-bond donors (Lipinski definition) is 1. The fourth-order valence-electron chi connectivity index (χ4n) is 2.66. The topological polar surface area (TPSA) is 115 Å². The van der Waals surface area contributed by atoms with Gasteiger partial charge in [-0.25, -0.2) is 0 Å². The summed E-state index contributed by atoms with van der Waals surface area (Å²) in [6.07, 6.45) is 0. The molecule has 0 bridgehead atoms. The lowest BCUT2D eigenvalue weighted by atomic mass is 10.3. The van der Waals surface area contributed by atoms with Crippen molar-refractivity contribution >= 4 is 52.2 Å². The van der Waals surface area contributed by atoms with E-state index in [1.807, 2.05) is 11.6 Å². The quantitative estimate of drug-likeness (QED) is 0.380. The molecule has 13 heteroatoms. The zero-order chi connectivity index (χ0) is 21.0. The highest BCUT2D eigenvalue weighted by molar-refractivity contribution is 7.99. The molecule has 1 saturated heterocycles. The summed E-state index contributed by atoms with van der Waals surface area (Å²) in [5, 5.41) is 22.3. The molecule has 2 aromatic rings. The standard InChI is InChI=1S/C16H18Cl2N6O4S/c1-22-13(8-23-2-4-28-5-3-23)20-21-16(22)29-9-14(25)19-15-11(17)6-10(24(26)27)7-12(15)18/h6-7H,2-5,8-9H2,1H3,(H,19,25). The van der Waals surface area contributed by atoms with E-state index in [0.717, 1.165) is 31.0 Å².